The Labute approximate surface area is 166 Å². The first kappa shape index (κ1) is 19.7. The molecule has 0 saturated heterocycles. The Morgan fingerprint density at radius 3 is 2.10 bits per heavy atom. The van der Waals surface area contributed by atoms with Crippen LogP contribution in [-0.4, -0.2) is 48.0 Å². The van der Waals surface area contributed by atoms with Gasteiger partial charge in [-0.15, -0.1) is 10.2 Å². The maximum absolute atomic E-state index is 12.8. The summed E-state index contributed by atoms with van der Waals surface area (Å²) in [5.41, 5.74) is 3.46. The highest BCUT2D eigenvalue weighted by Gasteiger charge is 2.19. The monoisotopic (exact) mass is 397 g/mol. The summed E-state index contributed by atoms with van der Waals surface area (Å²) in [6.07, 6.45) is 2.68. The van der Waals surface area contributed by atoms with Crippen LogP contribution in [0.1, 0.15) is 20.7 Å². The molecule has 0 atom stereocenters. The third-order valence-corrected chi connectivity index (χ3v) is 4.00. The molecular formula is C19H19N5O5. The van der Waals surface area contributed by atoms with E-state index in [1.165, 1.54) is 50.8 Å². The summed E-state index contributed by atoms with van der Waals surface area (Å²) >= 11 is 0. The van der Waals surface area contributed by atoms with Crippen molar-refractivity contribution in [3.8, 4) is 17.2 Å². The van der Waals surface area contributed by atoms with Crippen LogP contribution in [0.2, 0.25) is 0 Å². The minimum Gasteiger partial charge on any atom is -0.493 e. The van der Waals surface area contributed by atoms with E-state index in [0.717, 1.165) is 0 Å². The average molecular weight is 397 g/mol. The maximum Gasteiger partial charge on any atom is 0.272 e. The molecule has 0 saturated carbocycles. The van der Waals surface area contributed by atoms with Gasteiger partial charge in [-0.2, -0.15) is 0 Å². The fourth-order valence-corrected chi connectivity index (χ4v) is 2.63. The molecule has 3 rings (SSSR count). The number of nitrogens with one attached hydrogen (secondary N) is 2. The third kappa shape index (κ3) is 4.26. The Hall–Kier alpha value is -4.08. The molecule has 10 nitrogen and oxygen atoms in total. The van der Waals surface area contributed by atoms with Crippen LogP contribution in [0.5, 0.6) is 17.2 Å². The Balaban J connectivity index is 1.87. The number of methoxy groups -OCH3 is 3. The molecule has 10 heteroatoms. The van der Waals surface area contributed by atoms with Crippen LogP contribution in [0.3, 0.4) is 0 Å². The number of benzene rings is 2. The van der Waals surface area contributed by atoms with E-state index in [2.05, 4.69) is 20.9 Å². The number of para-hydroxylation sites is 1. The van der Waals surface area contributed by atoms with Crippen molar-refractivity contribution < 1.29 is 23.8 Å². The highest BCUT2D eigenvalue weighted by Crippen LogP contribution is 2.38. The Bertz CT molecular complexity index is 995. The molecule has 3 aromatic rings. The van der Waals surface area contributed by atoms with Gasteiger partial charge in [0.25, 0.3) is 11.8 Å². The van der Waals surface area contributed by atoms with Gasteiger partial charge in [0.15, 0.2) is 11.5 Å². The normalized spacial score (nSPS) is 10.2. The van der Waals surface area contributed by atoms with Gasteiger partial charge >= 0.3 is 0 Å². The molecule has 0 aliphatic carbocycles. The third-order valence-electron chi connectivity index (χ3n) is 4.00. The summed E-state index contributed by atoms with van der Waals surface area (Å²) in [5.74, 6) is 0.172. The number of carbonyl (C=O) groups is 2. The molecule has 29 heavy (non-hydrogen) atoms. The second-order valence-electron chi connectivity index (χ2n) is 5.72. The zero-order valence-electron chi connectivity index (χ0n) is 16.0. The van der Waals surface area contributed by atoms with Crippen molar-refractivity contribution in [2.24, 2.45) is 0 Å². The predicted octanol–water partition coefficient (Wildman–Crippen LogP) is 1.94. The minimum atomic E-state index is -0.450. The van der Waals surface area contributed by atoms with E-state index < -0.39 is 11.8 Å². The number of hydrogen-bond donors (Lipinski definition) is 2. The molecule has 1 aromatic heterocycles. The van der Waals surface area contributed by atoms with Gasteiger partial charge in [0.1, 0.15) is 12.7 Å². The zero-order valence-corrected chi connectivity index (χ0v) is 16.0. The van der Waals surface area contributed by atoms with Gasteiger partial charge < -0.3 is 19.5 Å². The average Bonchev–Trinajstić information content (AvgIpc) is 3.25. The van der Waals surface area contributed by atoms with Crippen LogP contribution in [-0.2, 0) is 0 Å². The second-order valence-corrected chi connectivity index (χ2v) is 5.72. The molecular weight excluding hydrogens is 378 g/mol. The van der Waals surface area contributed by atoms with Crippen LogP contribution in [0.25, 0.3) is 0 Å². The quantitative estimate of drug-likeness (QED) is 0.626. The zero-order chi connectivity index (χ0) is 20.8. The summed E-state index contributed by atoms with van der Waals surface area (Å²) in [7, 11) is 4.40. The van der Waals surface area contributed by atoms with Crippen LogP contribution >= 0.6 is 0 Å². The fraction of sp³-hybridized carbons (Fsp3) is 0.158. The lowest BCUT2D eigenvalue weighted by molar-refractivity contribution is 0.101. The number of aromatic nitrogens is 3. The van der Waals surface area contributed by atoms with Crippen LogP contribution in [0, 0.1) is 0 Å². The van der Waals surface area contributed by atoms with Gasteiger partial charge in [-0.1, -0.05) is 12.1 Å². The SMILES string of the molecule is COc1cc(C(=O)Nc2ccccc2C(=O)Nn2cnnc2)cc(OC)c1OC. The molecule has 0 spiro atoms. The molecule has 2 N–H and O–H groups in total. The van der Waals surface area contributed by atoms with E-state index in [9.17, 15) is 9.59 Å². The highest BCUT2D eigenvalue weighted by molar-refractivity contribution is 6.11. The minimum absolute atomic E-state index is 0.266. The largest absolute Gasteiger partial charge is 0.493 e. The van der Waals surface area contributed by atoms with E-state index in [-0.39, 0.29) is 11.1 Å². The van der Waals surface area contributed by atoms with Gasteiger partial charge in [-0.25, -0.2) is 4.68 Å². The maximum atomic E-state index is 12.8. The summed E-state index contributed by atoms with van der Waals surface area (Å²) in [5, 5.41) is 9.98. The molecule has 0 fully saturated rings. The van der Waals surface area contributed by atoms with Crippen molar-refractivity contribution >= 4 is 17.5 Å². The van der Waals surface area contributed by atoms with Crippen molar-refractivity contribution in [3.05, 3.63) is 60.2 Å². The molecule has 0 aliphatic rings. The van der Waals surface area contributed by atoms with Gasteiger partial charge in [0.05, 0.1) is 32.6 Å². The number of ether oxygens (including phenoxy) is 3. The van der Waals surface area contributed by atoms with E-state index >= 15 is 0 Å². The number of carbonyl (C=O) groups excluding carboxylic acids is 2. The first-order valence-electron chi connectivity index (χ1n) is 8.43. The first-order chi connectivity index (χ1) is 14.1. The van der Waals surface area contributed by atoms with Gasteiger partial charge in [0.2, 0.25) is 5.75 Å². The van der Waals surface area contributed by atoms with E-state index in [0.29, 0.717) is 22.9 Å². The lowest BCUT2D eigenvalue weighted by atomic mass is 10.1. The molecule has 0 bridgehead atoms. The second kappa shape index (κ2) is 8.74. The molecule has 0 radical (unpaired) electrons. The van der Waals surface area contributed by atoms with Crippen LogP contribution < -0.4 is 25.0 Å². The summed E-state index contributed by atoms with van der Waals surface area (Å²) < 4.78 is 17.1. The summed E-state index contributed by atoms with van der Waals surface area (Å²) in [4.78, 5) is 25.4. The van der Waals surface area contributed by atoms with Crippen molar-refractivity contribution in [1.82, 2.24) is 14.9 Å². The van der Waals surface area contributed by atoms with Gasteiger partial charge in [0, 0.05) is 5.56 Å². The Morgan fingerprint density at radius 2 is 1.52 bits per heavy atom. The molecule has 0 aliphatic heterocycles. The van der Waals surface area contributed by atoms with E-state index in [1.54, 1.807) is 24.3 Å². The van der Waals surface area contributed by atoms with E-state index in [1.807, 2.05) is 0 Å². The van der Waals surface area contributed by atoms with E-state index in [4.69, 9.17) is 14.2 Å². The lowest BCUT2D eigenvalue weighted by Crippen LogP contribution is -2.23. The number of anilines is 1. The fourth-order valence-electron chi connectivity index (χ4n) is 2.63. The van der Waals surface area contributed by atoms with Crippen LogP contribution in [0.4, 0.5) is 5.69 Å². The predicted molar refractivity (Wildman–Crippen MR) is 104 cm³/mol. The number of amides is 2. The summed E-state index contributed by atoms with van der Waals surface area (Å²) in [6.45, 7) is 0. The standard InChI is InChI=1S/C19H19N5O5/c1-27-15-8-12(9-16(28-2)17(15)29-3)18(25)22-14-7-5-4-6-13(14)19(26)23-24-10-20-21-11-24/h4-11H,1-3H3,(H,22,25)(H,23,26). The summed E-state index contributed by atoms with van der Waals surface area (Å²) in [6, 6.07) is 9.66. The number of hydrogen-bond acceptors (Lipinski definition) is 7. The highest BCUT2D eigenvalue weighted by atomic mass is 16.5. The van der Waals surface area contributed by atoms with Gasteiger partial charge in [-0.05, 0) is 24.3 Å². The lowest BCUT2D eigenvalue weighted by Gasteiger charge is -2.15. The smallest absolute Gasteiger partial charge is 0.272 e. The van der Waals surface area contributed by atoms with Crippen molar-refractivity contribution in [1.29, 1.82) is 0 Å². The Morgan fingerprint density at radius 1 is 0.897 bits per heavy atom. The van der Waals surface area contributed by atoms with Crippen molar-refractivity contribution in [2.75, 3.05) is 32.1 Å². The molecule has 2 amide bonds. The number of rotatable bonds is 7. The number of nitrogens with zero attached hydrogens (tertiary/aromatic N) is 3. The van der Waals surface area contributed by atoms with Crippen molar-refractivity contribution in [3.63, 3.8) is 0 Å². The van der Waals surface area contributed by atoms with Crippen LogP contribution in [0.15, 0.2) is 49.1 Å². The molecule has 1 heterocycles. The Kier molecular flexibility index (Phi) is 5.93. The topological polar surface area (TPSA) is 117 Å². The molecule has 2 aromatic carbocycles. The van der Waals surface area contributed by atoms with Gasteiger partial charge in [-0.3, -0.25) is 15.0 Å². The first-order valence-corrected chi connectivity index (χ1v) is 8.43. The van der Waals surface area contributed by atoms with Crippen molar-refractivity contribution in [2.45, 2.75) is 0 Å². The molecule has 0 unspecified atom stereocenters. The molecule has 150 valence electrons.